The van der Waals surface area contributed by atoms with Gasteiger partial charge in [0.15, 0.2) is 16.5 Å². The highest BCUT2D eigenvalue weighted by Crippen LogP contribution is 2.35. The van der Waals surface area contributed by atoms with Crippen LogP contribution >= 0.6 is 22.9 Å². The molecule has 5 nitrogen and oxygen atoms in total. The van der Waals surface area contributed by atoms with Gasteiger partial charge in [-0.1, -0.05) is 11.6 Å². The van der Waals surface area contributed by atoms with Crippen molar-refractivity contribution >= 4 is 27.9 Å². The molecule has 0 radical (unpaired) electrons. The van der Waals surface area contributed by atoms with Gasteiger partial charge in [-0.15, -0.1) is 11.3 Å². The van der Waals surface area contributed by atoms with E-state index in [-0.39, 0.29) is 0 Å². The molecule has 0 amide bonds. The van der Waals surface area contributed by atoms with Crippen molar-refractivity contribution in [3.63, 3.8) is 0 Å². The third kappa shape index (κ3) is 2.83. The summed E-state index contributed by atoms with van der Waals surface area (Å²) in [6.45, 7) is 0.671. The molecule has 110 valence electrons. The van der Waals surface area contributed by atoms with Crippen LogP contribution < -0.4 is 15.2 Å². The van der Waals surface area contributed by atoms with Gasteiger partial charge < -0.3 is 15.2 Å². The maximum Gasteiger partial charge on any atom is 0.193 e. The molecule has 0 atom stereocenters. The van der Waals surface area contributed by atoms with Crippen LogP contribution in [0.3, 0.4) is 0 Å². The number of imidazole rings is 1. The zero-order valence-corrected chi connectivity index (χ0v) is 12.9. The Hall–Kier alpha value is -1.76. The lowest BCUT2D eigenvalue weighted by atomic mass is 10.2. The van der Waals surface area contributed by atoms with Crippen LogP contribution in [0.25, 0.3) is 4.96 Å². The predicted molar refractivity (Wildman–Crippen MR) is 83.3 cm³/mol. The number of fused-ring (bicyclic) bond motifs is 1. The van der Waals surface area contributed by atoms with Crippen molar-refractivity contribution in [2.24, 2.45) is 5.73 Å². The van der Waals surface area contributed by atoms with Gasteiger partial charge >= 0.3 is 0 Å². The van der Waals surface area contributed by atoms with Crippen LogP contribution in [0.5, 0.6) is 11.5 Å². The van der Waals surface area contributed by atoms with Crippen LogP contribution in [0.15, 0.2) is 29.9 Å². The molecule has 3 aromatic rings. The van der Waals surface area contributed by atoms with E-state index in [1.54, 1.807) is 30.6 Å². The number of methoxy groups -OCH3 is 1. The van der Waals surface area contributed by atoms with Crippen LogP contribution in [0.1, 0.15) is 11.3 Å². The first-order chi connectivity index (χ1) is 10.2. The number of hydrogen-bond donors (Lipinski definition) is 1. The van der Waals surface area contributed by atoms with Gasteiger partial charge in [0, 0.05) is 41.0 Å². The Labute approximate surface area is 130 Å². The fourth-order valence-corrected chi connectivity index (χ4v) is 3.03. The Morgan fingerprint density at radius 1 is 1.43 bits per heavy atom. The van der Waals surface area contributed by atoms with Crippen molar-refractivity contribution in [1.82, 2.24) is 9.38 Å². The molecular formula is C14H14ClN3O2S. The number of aromatic nitrogens is 2. The van der Waals surface area contributed by atoms with E-state index in [0.29, 0.717) is 29.7 Å². The molecule has 0 bridgehead atoms. The molecule has 2 N–H and O–H groups in total. The second-order valence-electron chi connectivity index (χ2n) is 4.41. The van der Waals surface area contributed by atoms with Crippen LogP contribution in [-0.2, 0) is 13.2 Å². The van der Waals surface area contributed by atoms with E-state index in [2.05, 4.69) is 4.98 Å². The molecule has 0 saturated carbocycles. The van der Waals surface area contributed by atoms with Gasteiger partial charge in [0.25, 0.3) is 0 Å². The van der Waals surface area contributed by atoms with E-state index in [9.17, 15) is 0 Å². The number of rotatable bonds is 5. The summed E-state index contributed by atoms with van der Waals surface area (Å²) in [5.41, 5.74) is 7.40. The molecular weight excluding hydrogens is 310 g/mol. The van der Waals surface area contributed by atoms with Crippen molar-refractivity contribution in [3.8, 4) is 11.5 Å². The molecule has 0 aliphatic carbocycles. The van der Waals surface area contributed by atoms with Gasteiger partial charge in [-0.05, 0) is 6.07 Å². The molecule has 3 rings (SSSR count). The third-order valence-corrected chi connectivity index (χ3v) is 4.03. The van der Waals surface area contributed by atoms with E-state index in [0.717, 1.165) is 16.2 Å². The first kappa shape index (κ1) is 14.2. The number of ether oxygens (including phenoxy) is 2. The first-order valence-corrected chi connectivity index (χ1v) is 7.57. The summed E-state index contributed by atoms with van der Waals surface area (Å²) < 4.78 is 13.1. The summed E-state index contributed by atoms with van der Waals surface area (Å²) in [7, 11) is 1.57. The summed E-state index contributed by atoms with van der Waals surface area (Å²) >= 11 is 7.61. The van der Waals surface area contributed by atoms with Gasteiger partial charge in [0.1, 0.15) is 6.61 Å². The number of thiazole rings is 1. The van der Waals surface area contributed by atoms with Gasteiger partial charge in [0.2, 0.25) is 0 Å². The standard InChI is InChI=1S/C14H14ClN3O2S/c1-19-12-5-10(15)4-9(6-16)13(12)20-8-11-7-18-2-3-21-14(18)17-11/h2-5,7H,6,8,16H2,1H3. The molecule has 0 fully saturated rings. The normalized spacial score (nSPS) is 11.0. The van der Waals surface area contributed by atoms with Gasteiger partial charge in [-0.25, -0.2) is 4.98 Å². The number of benzene rings is 1. The Morgan fingerprint density at radius 3 is 3.00 bits per heavy atom. The van der Waals surface area contributed by atoms with Crippen molar-refractivity contribution in [2.75, 3.05) is 7.11 Å². The Morgan fingerprint density at radius 2 is 2.29 bits per heavy atom. The molecule has 2 aromatic heterocycles. The summed E-state index contributed by atoms with van der Waals surface area (Å²) in [5.74, 6) is 1.18. The van der Waals surface area contributed by atoms with Gasteiger partial charge in [0.05, 0.1) is 12.8 Å². The highest BCUT2D eigenvalue weighted by atomic mass is 35.5. The SMILES string of the molecule is COc1cc(Cl)cc(CN)c1OCc1cn2ccsc2n1. The fraction of sp³-hybridized carbons (Fsp3) is 0.214. The third-order valence-electron chi connectivity index (χ3n) is 3.04. The molecule has 0 saturated heterocycles. The van der Waals surface area contributed by atoms with E-state index in [1.165, 1.54) is 0 Å². The molecule has 0 aliphatic heterocycles. The van der Waals surface area contributed by atoms with Crippen LogP contribution in [0.2, 0.25) is 5.02 Å². The summed E-state index contributed by atoms with van der Waals surface area (Å²) in [6.07, 6.45) is 3.90. The van der Waals surface area contributed by atoms with Crippen LogP contribution in [0, 0.1) is 0 Å². The smallest absolute Gasteiger partial charge is 0.193 e. The quantitative estimate of drug-likeness (QED) is 0.783. The minimum Gasteiger partial charge on any atom is -0.493 e. The van der Waals surface area contributed by atoms with Gasteiger partial charge in [-0.2, -0.15) is 0 Å². The Kier molecular flexibility index (Phi) is 4.01. The van der Waals surface area contributed by atoms with Crippen LogP contribution in [0.4, 0.5) is 0 Å². The van der Waals surface area contributed by atoms with Crippen LogP contribution in [-0.4, -0.2) is 16.5 Å². The van der Waals surface area contributed by atoms with Crippen molar-refractivity contribution in [2.45, 2.75) is 13.2 Å². The number of hydrogen-bond acceptors (Lipinski definition) is 5. The summed E-state index contributed by atoms with van der Waals surface area (Å²) in [5, 5.41) is 2.56. The van der Waals surface area contributed by atoms with E-state index in [4.69, 9.17) is 26.8 Å². The highest BCUT2D eigenvalue weighted by Gasteiger charge is 2.13. The topological polar surface area (TPSA) is 61.8 Å². The molecule has 0 unspecified atom stereocenters. The monoisotopic (exact) mass is 323 g/mol. The Bertz CT molecular complexity index is 715. The Balaban J connectivity index is 1.85. The molecule has 1 aromatic carbocycles. The average molecular weight is 324 g/mol. The lowest BCUT2D eigenvalue weighted by Crippen LogP contribution is -2.05. The zero-order chi connectivity index (χ0) is 14.8. The van der Waals surface area contributed by atoms with E-state index >= 15 is 0 Å². The maximum atomic E-state index is 6.03. The second-order valence-corrected chi connectivity index (χ2v) is 5.72. The molecule has 21 heavy (non-hydrogen) atoms. The van der Waals surface area contributed by atoms with Crippen molar-refractivity contribution < 1.29 is 9.47 Å². The molecule has 0 aliphatic rings. The highest BCUT2D eigenvalue weighted by molar-refractivity contribution is 7.15. The molecule has 2 heterocycles. The second kappa shape index (κ2) is 5.93. The zero-order valence-electron chi connectivity index (χ0n) is 11.4. The molecule has 7 heteroatoms. The lowest BCUT2D eigenvalue weighted by Gasteiger charge is -2.14. The first-order valence-electron chi connectivity index (χ1n) is 6.31. The average Bonchev–Trinajstić information content (AvgIpc) is 3.05. The summed E-state index contributed by atoms with van der Waals surface area (Å²) in [6, 6.07) is 3.49. The van der Waals surface area contributed by atoms with Crippen molar-refractivity contribution in [1.29, 1.82) is 0 Å². The van der Waals surface area contributed by atoms with E-state index < -0.39 is 0 Å². The van der Waals surface area contributed by atoms with E-state index in [1.807, 2.05) is 22.2 Å². The lowest BCUT2D eigenvalue weighted by molar-refractivity contribution is 0.278. The maximum absolute atomic E-state index is 6.03. The predicted octanol–water partition coefficient (Wildman–Crippen LogP) is 3.10. The molecule has 0 spiro atoms. The van der Waals surface area contributed by atoms with Gasteiger partial charge in [-0.3, -0.25) is 4.40 Å². The summed E-state index contributed by atoms with van der Waals surface area (Å²) in [4.78, 5) is 5.42. The number of nitrogens with zero attached hydrogens (tertiary/aromatic N) is 2. The largest absolute Gasteiger partial charge is 0.493 e. The van der Waals surface area contributed by atoms with Crippen molar-refractivity contribution in [3.05, 3.63) is 46.2 Å². The minimum absolute atomic E-state index is 0.324. The minimum atomic E-state index is 0.324. The fourth-order valence-electron chi connectivity index (χ4n) is 2.08. The number of halogens is 1. The number of nitrogens with two attached hydrogens (primary N) is 1.